The van der Waals surface area contributed by atoms with Gasteiger partial charge in [0.1, 0.15) is 5.82 Å². The molecule has 0 unspecified atom stereocenters. The van der Waals surface area contributed by atoms with Gasteiger partial charge in [-0.15, -0.1) is 0 Å². The van der Waals surface area contributed by atoms with E-state index < -0.39 is 0 Å². The van der Waals surface area contributed by atoms with Crippen LogP contribution in [0.2, 0.25) is 0 Å². The summed E-state index contributed by atoms with van der Waals surface area (Å²) in [6.07, 6.45) is 4.99. The molecule has 0 heterocycles. The first-order valence-corrected chi connectivity index (χ1v) is 5.89. The molecule has 0 aromatic heterocycles. The topological polar surface area (TPSA) is 26.0 Å². The van der Waals surface area contributed by atoms with Gasteiger partial charge in [-0.1, -0.05) is 6.08 Å². The van der Waals surface area contributed by atoms with Crippen molar-refractivity contribution in [2.24, 2.45) is 5.73 Å². The third-order valence-electron chi connectivity index (χ3n) is 2.71. The van der Waals surface area contributed by atoms with Crippen LogP contribution in [-0.4, -0.2) is 6.54 Å². The van der Waals surface area contributed by atoms with Crippen LogP contribution in [0.15, 0.2) is 22.7 Å². The highest BCUT2D eigenvalue weighted by molar-refractivity contribution is 9.10. The fraction of sp³-hybridized carbons (Fsp3) is 0.333. The molecule has 0 fully saturated rings. The van der Waals surface area contributed by atoms with Gasteiger partial charge >= 0.3 is 0 Å². The fourth-order valence-electron chi connectivity index (χ4n) is 2.00. The number of benzene rings is 1. The van der Waals surface area contributed by atoms with E-state index in [2.05, 4.69) is 22.0 Å². The molecule has 0 aliphatic heterocycles. The molecule has 2 N–H and O–H groups in total. The maximum absolute atomic E-state index is 13.3. The van der Waals surface area contributed by atoms with Crippen molar-refractivity contribution in [3.05, 3.63) is 39.6 Å². The van der Waals surface area contributed by atoms with Crippen LogP contribution in [-0.2, 0) is 6.42 Å². The number of hydrogen-bond donors (Lipinski definition) is 1. The Kier molecular flexibility index (Phi) is 3.22. The second-order valence-corrected chi connectivity index (χ2v) is 4.58. The molecule has 1 aliphatic rings. The highest BCUT2D eigenvalue weighted by atomic mass is 79.9. The normalized spacial score (nSPS) is 14.7. The number of rotatable bonds is 2. The van der Waals surface area contributed by atoms with Crippen molar-refractivity contribution in [2.75, 3.05) is 6.54 Å². The number of hydrogen-bond acceptors (Lipinski definition) is 1. The summed E-state index contributed by atoms with van der Waals surface area (Å²) in [6, 6.07) is 3.49. The van der Waals surface area contributed by atoms with Gasteiger partial charge in [-0.25, -0.2) is 4.39 Å². The maximum Gasteiger partial charge on any atom is 0.137 e. The third kappa shape index (κ3) is 2.13. The number of halogens is 2. The first-order chi connectivity index (χ1) is 7.22. The van der Waals surface area contributed by atoms with E-state index >= 15 is 0 Å². The highest BCUT2D eigenvalue weighted by Crippen LogP contribution is 2.32. The minimum absolute atomic E-state index is 0.178. The standard InChI is InChI=1S/C12H13BrFN/c13-11-7-10-8(4-5-15)2-1-3-9(10)6-12(11)14/h2,6-7H,1,3-5,15H2. The molecule has 1 aromatic rings. The van der Waals surface area contributed by atoms with Gasteiger partial charge in [0, 0.05) is 0 Å². The van der Waals surface area contributed by atoms with Crippen molar-refractivity contribution in [1.29, 1.82) is 0 Å². The van der Waals surface area contributed by atoms with Crippen molar-refractivity contribution >= 4 is 21.5 Å². The lowest BCUT2D eigenvalue weighted by molar-refractivity contribution is 0.618. The molecular weight excluding hydrogens is 257 g/mol. The second kappa shape index (κ2) is 4.45. The summed E-state index contributed by atoms with van der Waals surface area (Å²) in [5.74, 6) is -0.178. The van der Waals surface area contributed by atoms with Gasteiger partial charge in [-0.05, 0) is 70.6 Å². The van der Waals surface area contributed by atoms with E-state index in [1.165, 1.54) is 5.57 Å². The molecule has 0 saturated heterocycles. The molecule has 15 heavy (non-hydrogen) atoms. The van der Waals surface area contributed by atoms with Gasteiger partial charge in [0.25, 0.3) is 0 Å². The summed E-state index contributed by atoms with van der Waals surface area (Å²) in [5.41, 5.74) is 9.06. The molecule has 0 radical (unpaired) electrons. The Morgan fingerprint density at radius 1 is 1.40 bits per heavy atom. The minimum atomic E-state index is -0.178. The van der Waals surface area contributed by atoms with Gasteiger partial charge in [-0.2, -0.15) is 0 Å². The second-order valence-electron chi connectivity index (χ2n) is 3.73. The number of nitrogens with two attached hydrogens (primary N) is 1. The van der Waals surface area contributed by atoms with Gasteiger partial charge in [0.15, 0.2) is 0 Å². The van der Waals surface area contributed by atoms with E-state index in [4.69, 9.17) is 5.73 Å². The Morgan fingerprint density at radius 2 is 2.20 bits per heavy atom. The van der Waals surface area contributed by atoms with Crippen LogP contribution in [0, 0.1) is 5.82 Å². The predicted octanol–water partition coefficient (Wildman–Crippen LogP) is 3.27. The van der Waals surface area contributed by atoms with E-state index in [1.54, 1.807) is 6.07 Å². The summed E-state index contributed by atoms with van der Waals surface area (Å²) >= 11 is 3.22. The Balaban J connectivity index is 2.45. The zero-order valence-corrected chi connectivity index (χ0v) is 9.98. The summed E-state index contributed by atoms with van der Waals surface area (Å²) in [5, 5.41) is 0. The lowest BCUT2D eigenvalue weighted by Crippen LogP contribution is -2.06. The van der Waals surface area contributed by atoms with Crippen molar-refractivity contribution < 1.29 is 4.39 Å². The lowest BCUT2D eigenvalue weighted by atomic mass is 9.89. The van der Waals surface area contributed by atoms with Crippen molar-refractivity contribution in [3.63, 3.8) is 0 Å². The van der Waals surface area contributed by atoms with Crippen LogP contribution in [0.4, 0.5) is 4.39 Å². The smallest absolute Gasteiger partial charge is 0.137 e. The lowest BCUT2D eigenvalue weighted by Gasteiger charge is -2.18. The number of fused-ring (bicyclic) bond motifs is 1. The average molecular weight is 270 g/mol. The van der Waals surface area contributed by atoms with E-state index in [-0.39, 0.29) is 5.82 Å². The van der Waals surface area contributed by atoms with Crippen LogP contribution >= 0.6 is 15.9 Å². The molecule has 80 valence electrons. The average Bonchev–Trinajstić information content (AvgIpc) is 2.21. The molecule has 0 atom stereocenters. The number of allylic oxidation sites excluding steroid dienone is 1. The minimum Gasteiger partial charge on any atom is -0.330 e. The quantitative estimate of drug-likeness (QED) is 0.877. The van der Waals surface area contributed by atoms with E-state index in [0.717, 1.165) is 30.4 Å². The van der Waals surface area contributed by atoms with Crippen LogP contribution in [0.1, 0.15) is 24.0 Å². The third-order valence-corrected chi connectivity index (χ3v) is 3.32. The first-order valence-electron chi connectivity index (χ1n) is 5.09. The SMILES string of the molecule is NCCC1=CCCc2cc(F)c(Br)cc21. The molecule has 0 amide bonds. The maximum atomic E-state index is 13.3. The zero-order chi connectivity index (χ0) is 10.8. The Morgan fingerprint density at radius 3 is 2.93 bits per heavy atom. The van der Waals surface area contributed by atoms with Crippen molar-refractivity contribution in [2.45, 2.75) is 19.3 Å². The molecule has 3 heteroatoms. The molecule has 0 bridgehead atoms. The monoisotopic (exact) mass is 269 g/mol. The molecular formula is C12H13BrFN. The predicted molar refractivity (Wildman–Crippen MR) is 64.1 cm³/mol. The van der Waals surface area contributed by atoms with Crippen LogP contribution in [0.25, 0.3) is 5.57 Å². The summed E-state index contributed by atoms with van der Waals surface area (Å²) in [7, 11) is 0. The zero-order valence-electron chi connectivity index (χ0n) is 8.39. The molecule has 1 nitrogen and oxygen atoms in total. The highest BCUT2D eigenvalue weighted by Gasteiger charge is 2.14. The molecule has 2 rings (SSSR count). The van der Waals surface area contributed by atoms with E-state index in [0.29, 0.717) is 11.0 Å². The summed E-state index contributed by atoms with van der Waals surface area (Å²) < 4.78 is 13.9. The van der Waals surface area contributed by atoms with Crippen molar-refractivity contribution in [3.8, 4) is 0 Å². The summed E-state index contributed by atoms with van der Waals surface area (Å²) in [4.78, 5) is 0. The van der Waals surface area contributed by atoms with Crippen LogP contribution in [0.5, 0.6) is 0 Å². The first kappa shape index (κ1) is 10.8. The fourth-order valence-corrected chi connectivity index (χ4v) is 2.34. The molecule has 1 aromatic carbocycles. The van der Waals surface area contributed by atoms with E-state index in [9.17, 15) is 4.39 Å². The van der Waals surface area contributed by atoms with Gasteiger partial charge in [0.05, 0.1) is 4.47 Å². The van der Waals surface area contributed by atoms with Gasteiger partial charge < -0.3 is 5.73 Å². The largest absolute Gasteiger partial charge is 0.330 e. The Bertz CT molecular complexity index is 412. The molecule has 0 spiro atoms. The van der Waals surface area contributed by atoms with Crippen LogP contribution in [0.3, 0.4) is 0 Å². The van der Waals surface area contributed by atoms with Crippen LogP contribution < -0.4 is 5.73 Å². The van der Waals surface area contributed by atoms with Gasteiger partial charge in [0.2, 0.25) is 0 Å². The summed E-state index contributed by atoms with van der Waals surface area (Å²) in [6.45, 7) is 0.639. The Labute approximate surface area is 97.3 Å². The van der Waals surface area contributed by atoms with E-state index in [1.807, 2.05) is 6.07 Å². The van der Waals surface area contributed by atoms with Gasteiger partial charge in [-0.3, -0.25) is 0 Å². The Hall–Kier alpha value is -0.670. The number of aryl methyl sites for hydroxylation is 1. The molecule has 1 aliphatic carbocycles. The van der Waals surface area contributed by atoms with Crippen molar-refractivity contribution in [1.82, 2.24) is 0 Å². The molecule has 0 saturated carbocycles.